The summed E-state index contributed by atoms with van der Waals surface area (Å²) < 4.78 is 27.0. The molecule has 15 heavy (non-hydrogen) atoms. The second kappa shape index (κ2) is 6.04. The zero-order valence-corrected chi connectivity index (χ0v) is 10.3. The minimum atomic E-state index is -3.42. The SMILES string of the molecule is CCN(CC)S(=O)(=O)NCC(C)C(=N)N. The Morgan fingerprint density at radius 3 is 2.27 bits per heavy atom. The van der Waals surface area contributed by atoms with E-state index in [0.717, 1.165) is 0 Å². The Kier molecular flexibility index (Phi) is 5.77. The lowest BCUT2D eigenvalue weighted by atomic mass is 10.2. The summed E-state index contributed by atoms with van der Waals surface area (Å²) in [6.45, 7) is 6.27. The molecule has 4 N–H and O–H groups in total. The van der Waals surface area contributed by atoms with E-state index in [-0.39, 0.29) is 18.3 Å². The number of nitrogens with zero attached hydrogens (tertiary/aromatic N) is 1. The third-order valence-electron chi connectivity index (χ3n) is 2.15. The largest absolute Gasteiger partial charge is 0.387 e. The van der Waals surface area contributed by atoms with E-state index >= 15 is 0 Å². The first kappa shape index (κ1) is 14.3. The van der Waals surface area contributed by atoms with Crippen molar-refractivity contribution in [1.82, 2.24) is 9.03 Å². The minimum absolute atomic E-state index is 0.0164. The third-order valence-corrected chi connectivity index (χ3v) is 3.88. The first-order valence-corrected chi connectivity index (χ1v) is 6.37. The average Bonchev–Trinajstić information content (AvgIpc) is 2.15. The van der Waals surface area contributed by atoms with Crippen LogP contribution in [0.3, 0.4) is 0 Å². The first-order valence-electron chi connectivity index (χ1n) is 4.93. The van der Waals surface area contributed by atoms with Crippen LogP contribution in [-0.2, 0) is 10.2 Å². The maximum atomic E-state index is 11.6. The fourth-order valence-corrected chi connectivity index (χ4v) is 2.32. The average molecular weight is 236 g/mol. The highest BCUT2D eigenvalue weighted by Gasteiger charge is 2.19. The fraction of sp³-hybridized carbons (Fsp3) is 0.875. The van der Waals surface area contributed by atoms with Crippen molar-refractivity contribution in [3.63, 3.8) is 0 Å². The van der Waals surface area contributed by atoms with E-state index in [9.17, 15) is 8.42 Å². The van der Waals surface area contributed by atoms with Gasteiger partial charge < -0.3 is 5.73 Å². The lowest BCUT2D eigenvalue weighted by Gasteiger charge is -2.20. The maximum absolute atomic E-state index is 11.6. The van der Waals surface area contributed by atoms with Gasteiger partial charge in [0.2, 0.25) is 0 Å². The van der Waals surface area contributed by atoms with Crippen LogP contribution in [-0.4, -0.2) is 38.2 Å². The molecule has 1 unspecified atom stereocenters. The van der Waals surface area contributed by atoms with Crippen LogP contribution in [0.1, 0.15) is 20.8 Å². The van der Waals surface area contributed by atoms with Crippen LogP contribution in [0.25, 0.3) is 0 Å². The van der Waals surface area contributed by atoms with Crippen molar-refractivity contribution in [3.05, 3.63) is 0 Å². The van der Waals surface area contributed by atoms with Crippen molar-refractivity contribution < 1.29 is 8.42 Å². The van der Waals surface area contributed by atoms with E-state index in [1.807, 2.05) is 0 Å². The molecule has 0 aliphatic rings. The molecule has 0 aromatic rings. The van der Waals surface area contributed by atoms with E-state index in [4.69, 9.17) is 11.1 Å². The Labute approximate surface area is 91.5 Å². The second-order valence-electron chi connectivity index (χ2n) is 3.29. The number of nitrogens with two attached hydrogens (primary N) is 1. The zero-order chi connectivity index (χ0) is 12.1. The number of nitrogens with one attached hydrogen (secondary N) is 2. The van der Waals surface area contributed by atoms with Crippen LogP contribution in [0.15, 0.2) is 0 Å². The summed E-state index contributed by atoms with van der Waals surface area (Å²) in [5, 5.41) is 7.13. The van der Waals surface area contributed by atoms with Crippen LogP contribution in [0, 0.1) is 11.3 Å². The summed E-state index contributed by atoms with van der Waals surface area (Å²) in [5.41, 5.74) is 5.24. The van der Waals surface area contributed by atoms with Crippen molar-refractivity contribution in [2.24, 2.45) is 11.7 Å². The van der Waals surface area contributed by atoms with Gasteiger partial charge in [0.05, 0.1) is 5.84 Å². The van der Waals surface area contributed by atoms with Gasteiger partial charge in [-0.2, -0.15) is 12.7 Å². The van der Waals surface area contributed by atoms with Crippen LogP contribution in [0.5, 0.6) is 0 Å². The van der Waals surface area contributed by atoms with E-state index in [1.165, 1.54) is 4.31 Å². The topological polar surface area (TPSA) is 99.3 Å². The Bertz CT molecular complexity index is 298. The normalized spacial score (nSPS) is 14.1. The molecule has 6 nitrogen and oxygen atoms in total. The molecule has 0 heterocycles. The predicted molar refractivity (Wildman–Crippen MR) is 60.9 cm³/mol. The zero-order valence-electron chi connectivity index (χ0n) is 9.45. The predicted octanol–water partition coefficient (Wildman–Crippen LogP) is -0.265. The molecule has 0 rings (SSSR count). The van der Waals surface area contributed by atoms with Gasteiger partial charge in [0, 0.05) is 25.6 Å². The van der Waals surface area contributed by atoms with E-state index in [0.29, 0.717) is 13.1 Å². The summed E-state index contributed by atoms with van der Waals surface area (Å²) in [6, 6.07) is 0. The van der Waals surface area contributed by atoms with Crippen LogP contribution >= 0.6 is 0 Å². The van der Waals surface area contributed by atoms with Crippen molar-refractivity contribution in [1.29, 1.82) is 5.41 Å². The Morgan fingerprint density at radius 2 is 1.93 bits per heavy atom. The number of hydrogen-bond donors (Lipinski definition) is 3. The number of amidine groups is 1. The molecule has 90 valence electrons. The summed E-state index contributed by atoms with van der Waals surface area (Å²) in [6.07, 6.45) is 0. The molecule has 0 bridgehead atoms. The molecule has 0 fully saturated rings. The molecule has 0 saturated heterocycles. The van der Waals surface area contributed by atoms with Crippen LogP contribution in [0.4, 0.5) is 0 Å². The standard InChI is InChI=1S/C8H20N4O2S/c1-4-12(5-2)15(13,14)11-6-7(3)8(9)10/h7,11H,4-6H2,1-3H3,(H3,9,10). The Morgan fingerprint density at radius 1 is 1.47 bits per heavy atom. The van der Waals surface area contributed by atoms with Gasteiger partial charge in [-0.1, -0.05) is 20.8 Å². The smallest absolute Gasteiger partial charge is 0.279 e. The molecule has 0 aromatic carbocycles. The van der Waals surface area contributed by atoms with Gasteiger partial charge in [0.1, 0.15) is 0 Å². The Balaban J connectivity index is 4.33. The van der Waals surface area contributed by atoms with Gasteiger partial charge in [0.25, 0.3) is 10.2 Å². The quantitative estimate of drug-likeness (QED) is 0.419. The van der Waals surface area contributed by atoms with Gasteiger partial charge in [0.15, 0.2) is 0 Å². The maximum Gasteiger partial charge on any atom is 0.279 e. The Hall–Kier alpha value is -0.660. The van der Waals surface area contributed by atoms with Gasteiger partial charge >= 0.3 is 0 Å². The fourth-order valence-electron chi connectivity index (χ4n) is 0.995. The molecule has 0 aromatic heterocycles. The first-order chi connectivity index (χ1) is 6.85. The van der Waals surface area contributed by atoms with E-state index in [1.54, 1.807) is 20.8 Å². The molecule has 0 saturated carbocycles. The van der Waals surface area contributed by atoms with Gasteiger partial charge in [-0.05, 0) is 0 Å². The van der Waals surface area contributed by atoms with E-state index < -0.39 is 10.2 Å². The monoisotopic (exact) mass is 236 g/mol. The van der Waals surface area contributed by atoms with Gasteiger partial charge in [-0.15, -0.1) is 0 Å². The van der Waals surface area contributed by atoms with Crippen LogP contribution < -0.4 is 10.5 Å². The highest BCUT2D eigenvalue weighted by Crippen LogP contribution is 1.98. The number of hydrogen-bond acceptors (Lipinski definition) is 3. The summed E-state index contributed by atoms with van der Waals surface area (Å²) in [4.78, 5) is 0. The molecular formula is C8H20N4O2S. The summed E-state index contributed by atoms with van der Waals surface area (Å²) >= 11 is 0. The summed E-state index contributed by atoms with van der Waals surface area (Å²) in [7, 11) is -3.42. The lowest BCUT2D eigenvalue weighted by Crippen LogP contribution is -2.43. The van der Waals surface area contributed by atoms with Crippen molar-refractivity contribution in [2.45, 2.75) is 20.8 Å². The molecule has 0 spiro atoms. The van der Waals surface area contributed by atoms with Gasteiger partial charge in [-0.25, -0.2) is 4.72 Å². The van der Waals surface area contributed by atoms with E-state index in [2.05, 4.69) is 4.72 Å². The highest BCUT2D eigenvalue weighted by molar-refractivity contribution is 7.87. The molecule has 0 radical (unpaired) electrons. The number of rotatable bonds is 7. The second-order valence-corrected chi connectivity index (χ2v) is 5.05. The minimum Gasteiger partial charge on any atom is -0.387 e. The molecule has 0 amide bonds. The molecular weight excluding hydrogens is 216 g/mol. The highest BCUT2D eigenvalue weighted by atomic mass is 32.2. The molecule has 1 atom stereocenters. The van der Waals surface area contributed by atoms with Crippen molar-refractivity contribution in [3.8, 4) is 0 Å². The molecule has 0 aliphatic heterocycles. The van der Waals surface area contributed by atoms with Crippen LogP contribution in [0.2, 0.25) is 0 Å². The van der Waals surface area contributed by atoms with Crippen molar-refractivity contribution >= 4 is 16.0 Å². The van der Waals surface area contributed by atoms with Gasteiger partial charge in [-0.3, -0.25) is 5.41 Å². The van der Waals surface area contributed by atoms with Crippen molar-refractivity contribution in [2.75, 3.05) is 19.6 Å². The third kappa shape index (κ3) is 4.59. The molecule has 0 aliphatic carbocycles. The lowest BCUT2D eigenvalue weighted by molar-refractivity contribution is 0.433. The summed E-state index contributed by atoms with van der Waals surface area (Å²) in [5.74, 6) is -0.299. The molecule has 7 heteroatoms.